The molecular formula is C21H16N2O3S. The Labute approximate surface area is 158 Å². The third-order valence-corrected chi connectivity index (χ3v) is 5.34. The topological polar surface area (TPSA) is 79.2 Å². The molecule has 0 aliphatic rings. The minimum atomic E-state index is -3.86. The van der Waals surface area contributed by atoms with Crippen molar-refractivity contribution in [3.05, 3.63) is 96.0 Å². The smallest absolute Gasteiger partial charge is 0.218 e. The van der Waals surface area contributed by atoms with Crippen molar-refractivity contribution in [2.24, 2.45) is 0 Å². The lowest BCUT2D eigenvalue weighted by atomic mass is 10.3. The van der Waals surface area contributed by atoms with Gasteiger partial charge in [-0.2, -0.15) is 5.26 Å². The van der Waals surface area contributed by atoms with Gasteiger partial charge in [-0.1, -0.05) is 36.4 Å². The van der Waals surface area contributed by atoms with Crippen LogP contribution in [-0.2, 0) is 9.84 Å². The van der Waals surface area contributed by atoms with Crippen LogP contribution in [-0.4, -0.2) is 8.42 Å². The van der Waals surface area contributed by atoms with E-state index in [1.165, 1.54) is 18.3 Å². The summed E-state index contributed by atoms with van der Waals surface area (Å²) in [5.41, 5.74) is 0.631. The average molecular weight is 376 g/mol. The fourth-order valence-electron chi connectivity index (χ4n) is 2.29. The predicted octanol–water partition coefficient (Wildman–Crippen LogP) is 4.73. The first-order valence-electron chi connectivity index (χ1n) is 8.09. The highest BCUT2D eigenvalue weighted by atomic mass is 32.2. The van der Waals surface area contributed by atoms with Gasteiger partial charge in [0.1, 0.15) is 17.6 Å². The summed E-state index contributed by atoms with van der Waals surface area (Å²) in [7, 11) is -3.86. The maximum absolute atomic E-state index is 12.5. The molecule has 6 heteroatoms. The summed E-state index contributed by atoms with van der Waals surface area (Å²) in [4.78, 5) is -0.287. The third kappa shape index (κ3) is 4.54. The van der Waals surface area contributed by atoms with E-state index in [9.17, 15) is 13.7 Å². The van der Waals surface area contributed by atoms with Gasteiger partial charge < -0.3 is 10.1 Å². The van der Waals surface area contributed by atoms with Gasteiger partial charge in [-0.25, -0.2) is 8.42 Å². The van der Waals surface area contributed by atoms with Crippen molar-refractivity contribution < 1.29 is 13.2 Å². The van der Waals surface area contributed by atoms with Crippen molar-refractivity contribution >= 4 is 15.5 Å². The van der Waals surface area contributed by atoms with E-state index in [-0.39, 0.29) is 9.80 Å². The summed E-state index contributed by atoms with van der Waals surface area (Å²) in [6.07, 6.45) is 1.19. The van der Waals surface area contributed by atoms with Crippen molar-refractivity contribution in [2.75, 3.05) is 5.32 Å². The zero-order valence-electron chi connectivity index (χ0n) is 14.2. The molecule has 0 saturated heterocycles. The zero-order valence-corrected chi connectivity index (χ0v) is 15.1. The minimum Gasteiger partial charge on any atom is -0.457 e. The van der Waals surface area contributed by atoms with Crippen molar-refractivity contribution in [3.8, 4) is 17.6 Å². The van der Waals surface area contributed by atoms with Crippen LogP contribution in [0.3, 0.4) is 0 Å². The quantitative estimate of drug-likeness (QED) is 0.629. The molecule has 3 aromatic rings. The summed E-state index contributed by atoms with van der Waals surface area (Å²) in [6, 6.07) is 25.9. The Hall–Kier alpha value is -3.56. The summed E-state index contributed by atoms with van der Waals surface area (Å²) < 4.78 is 30.7. The van der Waals surface area contributed by atoms with Crippen molar-refractivity contribution in [3.63, 3.8) is 0 Å². The third-order valence-electron chi connectivity index (χ3n) is 3.66. The van der Waals surface area contributed by atoms with Gasteiger partial charge in [0.15, 0.2) is 4.91 Å². The second-order valence-electron chi connectivity index (χ2n) is 5.52. The molecule has 0 aromatic heterocycles. The summed E-state index contributed by atoms with van der Waals surface area (Å²) in [5, 5.41) is 12.1. The summed E-state index contributed by atoms with van der Waals surface area (Å²) >= 11 is 0. The van der Waals surface area contributed by atoms with E-state index in [0.29, 0.717) is 11.4 Å². The lowest BCUT2D eigenvalue weighted by Gasteiger charge is -2.07. The number of nitrogens with one attached hydrogen (secondary N) is 1. The van der Waals surface area contributed by atoms with Crippen LogP contribution >= 0.6 is 0 Å². The molecule has 134 valence electrons. The molecule has 0 aliphatic carbocycles. The molecule has 0 atom stereocenters. The minimum absolute atomic E-state index is 0.0752. The van der Waals surface area contributed by atoms with E-state index in [0.717, 1.165) is 5.75 Å². The number of rotatable bonds is 6. The van der Waals surface area contributed by atoms with E-state index in [1.807, 2.05) is 30.3 Å². The normalized spacial score (nSPS) is 11.4. The second kappa shape index (κ2) is 8.21. The fourth-order valence-corrected chi connectivity index (χ4v) is 3.39. The van der Waals surface area contributed by atoms with Gasteiger partial charge in [0.2, 0.25) is 9.84 Å². The first kappa shape index (κ1) is 18.2. The Morgan fingerprint density at radius 3 is 2.00 bits per heavy atom. The number of hydrogen-bond acceptors (Lipinski definition) is 5. The van der Waals surface area contributed by atoms with Gasteiger partial charge in [0, 0.05) is 11.9 Å². The number of nitrogens with zero attached hydrogens (tertiary/aromatic N) is 1. The van der Waals surface area contributed by atoms with Crippen LogP contribution in [0.15, 0.2) is 101 Å². The standard InChI is InChI=1S/C21H16N2O3S/c22-15-21(27(24,25)20-9-5-2-6-10-20)16-23-17-11-13-19(14-12-17)26-18-7-3-1-4-8-18/h1-14,16,23H/b21-16-. The van der Waals surface area contributed by atoms with Crippen LogP contribution in [0.1, 0.15) is 0 Å². The number of allylic oxidation sites excluding steroid dienone is 1. The Balaban J connectivity index is 1.73. The van der Waals surface area contributed by atoms with Gasteiger partial charge in [-0.3, -0.25) is 0 Å². The first-order chi connectivity index (χ1) is 13.1. The monoisotopic (exact) mass is 376 g/mol. The predicted molar refractivity (Wildman–Crippen MR) is 104 cm³/mol. The number of ether oxygens (including phenoxy) is 1. The lowest BCUT2D eigenvalue weighted by Crippen LogP contribution is -2.05. The van der Waals surface area contributed by atoms with Crippen molar-refractivity contribution in [2.45, 2.75) is 4.90 Å². The number of hydrogen-bond donors (Lipinski definition) is 1. The Morgan fingerprint density at radius 1 is 0.852 bits per heavy atom. The van der Waals surface area contributed by atoms with Crippen LogP contribution in [0.4, 0.5) is 5.69 Å². The molecule has 27 heavy (non-hydrogen) atoms. The number of anilines is 1. The highest BCUT2D eigenvalue weighted by molar-refractivity contribution is 7.95. The summed E-state index contributed by atoms with van der Waals surface area (Å²) in [5.74, 6) is 1.37. The van der Waals surface area contributed by atoms with Gasteiger partial charge in [-0.05, 0) is 48.5 Å². The van der Waals surface area contributed by atoms with E-state index in [4.69, 9.17) is 4.74 Å². The molecule has 0 unspecified atom stereocenters. The van der Waals surface area contributed by atoms with Crippen molar-refractivity contribution in [1.29, 1.82) is 5.26 Å². The van der Waals surface area contributed by atoms with E-state index >= 15 is 0 Å². The highest BCUT2D eigenvalue weighted by Gasteiger charge is 2.20. The maximum atomic E-state index is 12.5. The molecule has 1 N–H and O–H groups in total. The number of sulfone groups is 1. The van der Waals surface area contributed by atoms with Gasteiger partial charge in [0.25, 0.3) is 0 Å². The number of benzene rings is 3. The van der Waals surface area contributed by atoms with Crippen LogP contribution < -0.4 is 10.1 Å². The molecule has 0 amide bonds. The molecule has 3 aromatic carbocycles. The largest absolute Gasteiger partial charge is 0.457 e. The fraction of sp³-hybridized carbons (Fsp3) is 0. The highest BCUT2D eigenvalue weighted by Crippen LogP contribution is 2.23. The van der Waals surface area contributed by atoms with Gasteiger partial charge in [-0.15, -0.1) is 0 Å². The van der Waals surface area contributed by atoms with Crippen LogP contribution in [0, 0.1) is 11.3 Å². The molecule has 0 fully saturated rings. The Bertz CT molecular complexity index is 1070. The maximum Gasteiger partial charge on any atom is 0.218 e. The molecule has 0 bridgehead atoms. The first-order valence-corrected chi connectivity index (χ1v) is 9.58. The van der Waals surface area contributed by atoms with Gasteiger partial charge in [0.05, 0.1) is 4.90 Å². The number of nitriles is 1. The molecule has 0 spiro atoms. The summed E-state index contributed by atoms with van der Waals surface area (Å²) in [6.45, 7) is 0. The van der Waals surface area contributed by atoms with Gasteiger partial charge >= 0.3 is 0 Å². The lowest BCUT2D eigenvalue weighted by molar-refractivity contribution is 0.483. The molecule has 0 radical (unpaired) electrons. The van der Waals surface area contributed by atoms with Crippen LogP contribution in [0.5, 0.6) is 11.5 Å². The van der Waals surface area contributed by atoms with Crippen LogP contribution in [0.2, 0.25) is 0 Å². The average Bonchev–Trinajstić information content (AvgIpc) is 2.71. The molecule has 0 heterocycles. The molecular weight excluding hydrogens is 360 g/mol. The second-order valence-corrected chi connectivity index (χ2v) is 7.44. The van der Waals surface area contributed by atoms with E-state index in [1.54, 1.807) is 48.5 Å². The van der Waals surface area contributed by atoms with Crippen molar-refractivity contribution in [1.82, 2.24) is 0 Å². The van der Waals surface area contributed by atoms with E-state index in [2.05, 4.69) is 5.32 Å². The molecule has 5 nitrogen and oxygen atoms in total. The number of para-hydroxylation sites is 1. The van der Waals surface area contributed by atoms with Crippen LogP contribution in [0.25, 0.3) is 0 Å². The zero-order chi connectivity index (χ0) is 19.1. The molecule has 0 saturated carbocycles. The van der Waals surface area contributed by atoms with E-state index < -0.39 is 9.84 Å². The SMILES string of the molecule is N#C/C(=C/Nc1ccc(Oc2ccccc2)cc1)S(=O)(=O)c1ccccc1. The Kier molecular flexibility index (Phi) is 5.55. The Morgan fingerprint density at radius 2 is 1.41 bits per heavy atom. The molecule has 3 rings (SSSR count). The molecule has 0 aliphatic heterocycles.